The molecule has 0 spiro atoms. The number of benzene rings is 1. The number of piperazine rings is 1. The van der Waals surface area contributed by atoms with Crippen LogP contribution in [0.1, 0.15) is 35.6 Å². The van der Waals surface area contributed by atoms with E-state index in [9.17, 15) is 4.79 Å². The van der Waals surface area contributed by atoms with Gasteiger partial charge in [-0.15, -0.1) is 0 Å². The van der Waals surface area contributed by atoms with Crippen LogP contribution in [-0.2, 0) is 6.54 Å². The van der Waals surface area contributed by atoms with Gasteiger partial charge in [-0.3, -0.25) is 4.79 Å². The van der Waals surface area contributed by atoms with Gasteiger partial charge in [-0.2, -0.15) is 5.26 Å². The number of carbonyl (C=O) groups is 1. The van der Waals surface area contributed by atoms with Crippen LogP contribution >= 0.6 is 0 Å². The Balaban J connectivity index is 1.62. The van der Waals surface area contributed by atoms with Crippen molar-refractivity contribution in [2.45, 2.75) is 20.4 Å². The topological polar surface area (TPSA) is 97.2 Å². The van der Waals surface area contributed by atoms with Crippen LogP contribution < -0.4 is 15.5 Å². The largest absolute Gasteiger partial charge is 0.369 e. The average Bonchev–Trinajstić information content (AvgIpc) is 2.77. The molecule has 1 aliphatic heterocycles. The molecule has 1 aliphatic rings. The van der Waals surface area contributed by atoms with Crippen LogP contribution in [0.2, 0.25) is 0 Å². The van der Waals surface area contributed by atoms with Crippen molar-refractivity contribution < 1.29 is 4.79 Å². The number of nitrogens with zero attached hydrogens (tertiary/aromatic N) is 5. The number of amides is 1. The summed E-state index contributed by atoms with van der Waals surface area (Å²) in [6.07, 6.45) is 1.59. The van der Waals surface area contributed by atoms with Crippen LogP contribution in [0.5, 0.6) is 0 Å². The standard InChI is InChI=1S/C22H29N7O/c1-16(2)13-25-21-18(14-24-20(12-23)27-21)15-26-22(30)17-4-6-19(7-5-17)29-10-8-28(3)9-11-29/h4-7,14,16H,8-11,13,15H2,1-3H3,(H,26,30)(H,24,25,27). The summed E-state index contributed by atoms with van der Waals surface area (Å²) in [6.45, 7) is 9.25. The van der Waals surface area contributed by atoms with Gasteiger partial charge in [0.1, 0.15) is 11.9 Å². The van der Waals surface area contributed by atoms with Gasteiger partial charge in [-0.1, -0.05) is 13.8 Å². The zero-order valence-corrected chi connectivity index (χ0v) is 17.9. The van der Waals surface area contributed by atoms with E-state index in [4.69, 9.17) is 5.26 Å². The molecule has 2 heterocycles. The molecule has 0 atom stereocenters. The molecule has 1 aromatic carbocycles. The maximum atomic E-state index is 12.6. The fraction of sp³-hybridized carbons (Fsp3) is 0.455. The van der Waals surface area contributed by atoms with Crippen molar-refractivity contribution in [1.82, 2.24) is 20.2 Å². The molecule has 0 radical (unpaired) electrons. The third-order valence-corrected chi connectivity index (χ3v) is 5.08. The van der Waals surface area contributed by atoms with Gasteiger partial charge in [-0.05, 0) is 37.2 Å². The number of likely N-dealkylation sites (N-methyl/N-ethyl adjacent to an activating group) is 1. The highest BCUT2D eigenvalue weighted by molar-refractivity contribution is 5.94. The Morgan fingerprint density at radius 1 is 1.20 bits per heavy atom. The minimum absolute atomic E-state index is 0.107. The molecule has 1 amide bonds. The molecule has 8 heteroatoms. The van der Waals surface area contributed by atoms with E-state index in [0.29, 0.717) is 17.3 Å². The van der Waals surface area contributed by atoms with E-state index in [-0.39, 0.29) is 18.3 Å². The molecule has 8 nitrogen and oxygen atoms in total. The zero-order chi connectivity index (χ0) is 21.5. The minimum Gasteiger partial charge on any atom is -0.369 e. The molecule has 0 bridgehead atoms. The number of hydrogen-bond donors (Lipinski definition) is 2. The summed E-state index contributed by atoms with van der Waals surface area (Å²) in [5.41, 5.74) is 2.50. The van der Waals surface area contributed by atoms with Crippen molar-refractivity contribution in [3.05, 3.63) is 47.4 Å². The first kappa shape index (κ1) is 21.5. The number of nitrogens with one attached hydrogen (secondary N) is 2. The van der Waals surface area contributed by atoms with E-state index < -0.39 is 0 Å². The quantitative estimate of drug-likeness (QED) is 0.725. The molecule has 30 heavy (non-hydrogen) atoms. The number of rotatable bonds is 7. The highest BCUT2D eigenvalue weighted by atomic mass is 16.1. The Labute approximate surface area is 177 Å². The molecule has 158 valence electrons. The maximum absolute atomic E-state index is 12.6. The predicted octanol–water partition coefficient (Wildman–Crippen LogP) is 2.10. The number of anilines is 2. The molecule has 0 aliphatic carbocycles. The first-order valence-corrected chi connectivity index (χ1v) is 10.3. The lowest BCUT2D eigenvalue weighted by Gasteiger charge is -2.34. The van der Waals surface area contributed by atoms with Crippen molar-refractivity contribution in [3.8, 4) is 6.07 Å². The van der Waals surface area contributed by atoms with Crippen molar-refractivity contribution in [2.75, 3.05) is 50.0 Å². The van der Waals surface area contributed by atoms with Crippen LogP contribution in [0.4, 0.5) is 11.5 Å². The van der Waals surface area contributed by atoms with E-state index in [0.717, 1.165) is 44.0 Å². The Bertz CT molecular complexity index is 897. The third-order valence-electron chi connectivity index (χ3n) is 5.08. The first-order valence-electron chi connectivity index (χ1n) is 10.3. The second-order valence-electron chi connectivity index (χ2n) is 7.97. The fourth-order valence-electron chi connectivity index (χ4n) is 3.21. The molecule has 1 aromatic heterocycles. The minimum atomic E-state index is -0.154. The highest BCUT2D eigenvalue weighted by Crippen LogP contribution is 2.17. The molecule has 1 fully saturated rings. The summed E-state index contributed by atoms with van der Waals surface area (Å²) >= 11 is 0. The Hall–Kier alpha value is -3.18. The SMILES string of the molecule is CC(C)CNc1nc(C#N)ncc1CNC(=O)c1ccc(N2CCN(C)CC2)cc1. The molecule has 3 rings (SSSR count). The van der Waals surface area contributed by atoms with E-state index in [1.807, 2.05) is 30.3 Å². The number of hydrogen-bond acceptors (Lipinski definition) is 7. The summed E-state index contributed by atoms with van der Waals surface area (Å²) in [5.74, 6) is 0.961. The van der Waals surface area contributed by atoms with Crippen LogP contribution in [-0.4, -0.2) is 60.5 Å². The third kappa shape index (κ3) is 5.67. The lowest BCUT2D eigenvalue weighted by atomic mass is 10.1. The first-order chi connectivity index (χ1) is 14.5. The molecule has 0 saturated carbocycles. The summed E-state index contributed by atoms with van der Waals surface area (Å²) in [4.78, 5) is 25.5. The predicted molar refractivity (Wildman–Crippen MR) is 117 cm³/mol. The maximum Gasteiger partial charge on any atom is 0.251 e. The monoisotopic (exact) mass is 407 g/mol. The van der Waals surface area contributed by atoms with Crippen molar-refractivity contribution in [3.63, 3.8) is 0 Å². The van der Waals surface area contributed by atoms with E-state index in [2.05, 4.69) is 51.3 Å². The summed E-state index contributed by atoms with van der Waals surface area (Å²) in [5, 5.41) is 15.2. The van der Waals surface area contributed by atoms with Crippen molar-refractivity contribution in [1.29, 1.82) is 5.26 Å². The van der Waals surface area contributed by atoms with Crippen LogP contribution in [0.15, 0.2) is 30.5 Å². The fourth-order valence-corrected chi connectivity index (χ4v) is 3.21. The second-order valence-corrected chi connectivity index (χ2v) is 7.97. The molecule has 2 aromatic rings. The zero-order valence-electron chi connectivity index (χ0n) is 17.9. The van der Waals surface area contributed by atoms with Crippen molar-refractivity contribution in [2.24, 2.45) is 5.92 Å². The van der Waals surface area contributed by atoms with Gasteiger partial charge < -0.3 is 20.4 Å². The van der Waals surface area contributed by atoms with Gasteiger partial charge in [0.15, 0.2) is 0 Å². The van der Waals surface area contributed by atoms with Gasteiger partial charge in [-0.25, -0.2) is 9.97 Å². The van der Waals surface area contributed by atoms with Gasteiger partial charge in [0.2, 0.25) is 5.82 Å². The molecular formula is C22H29N7O. The smallest absolute Gasteiger partial charge is 0.251 e. The van der Waals surface area contributed by atoms with Crippen molar-refractivity contribution >= 4 is 17.4 Å². The molecule has 2 N–H and O–H groups in total. The highest BCUT2D eigenvalue weighted by Gasteiger charge is 2.15. The number of nitriles is 1. The summed E-state index contributed by atoms with van der Waals surface area (Å²) in [7, 11) is 2.13. The average molecular weight is 408 g/mol. The van der Waals surface area contributed by atoms with Crippen LogP contribution in [0.25, 0.3) is 0 Å². The van der Waals surface area contributed by atoms with Gasteiger partial charge in [0.05, 0.1) is 0 Å². The van der Waals surface area contributed by atoms with Gasteiger partial charge >= 0.3 is 0 Å². The molecular weight excluding hydrogens is 378 g/mol. The number of carbonyl (C=O) groups excluding carboxylic acids is 1. The van der Waals surface area contributed by atoms with Crippen LogP contribution in [0, 0.1) is 17.2 Å². The van der Waals surface area contributed by atoms with Crippen LogP contribution in [0.3, 0.4) is 0 Å². The van der Waals surface area contributed by atoms with E-state index >= 15 is 0 Å². The lowest BCUT2D eigenvalue weighted by molar-refractivity contribution is 0.0951. The number of aromatic nitrogens is 2. The molecule has 1 saturated heterocycles. The summed E-state index contributed by atoms with van der Waals surface area (Å²) in [6, 6.07) is 9.67. The lowest BCUT2D eigenvalue weighted by Crippen LogP contribution is -2.44. The Kier molecular flexibility index (Phi) is 7.20. The Morgan fingerprint density at radius 3 is 2.53 bits per heavy atom. The second kappa shape index (κ2) is 10.0. The van der Waals surface area contributed by atoms with E-state index in [1.165, 1.54) is 0 Å². The summed E-state index contributed by atoms with van der Waals surface area (Å²) < 4.78 is 0. The van der Waals surface area contributed by atoms with Gasteiger partial charge in [0.25, 0.3) is 5.91 Å². The normalized spacial score (nSPS) is 14.4. The molecule has 0 unspecified atom stereocenters. The van der Waals surface area contributed by atoms with E-state index in [1.54, 1.807) is 6.20 Å². The Morgan fingerprint density at radius 2 is 1.90 bits per heavy atom. The van der Waals surface area contributed by atoms with Gasteiger partial charge in [0, 0.05) is 62.3 Å².